The quantitative estimate of drug-likeness (QED) is 0.801. The Morgan fingerprint density at radius 2 is 1.88 bits per heavy atom. The Hall–Kier alpha value is -2.95. The van der Waals surface area contributed by atoms with E-state index in [1.807, 2.05) is 25.1 Å². The molecule has 1 N–H and O–H groups in total. The first-order valence-electron chi connectivity index (χ1n) is 8.60. The number of hydrogen-bond acceptors (Lipinski definition) is 3. The highest BCUT2D eigenvalue weighted by Crippen LogP contribution is 2.25. The zero-order chi connectivity index (χ0) is 17.4. The average Bonchev–Trinajstić information content (AvgIpc) is 3.10. The summed E-state index contributed by atoms with van der Waals surface area (Å²) < 4.78 is 1.33. The second-order valence-electron chi connectivity index (χ2n) is 6.31. The number of aryl methyl sites for hydroxylation is 3. The van der Waals surface area contributed by atoms with Gasteiger partial charge in [0.05, 0.1) is 5.39 Å². The molecule has 4 rings (SSSR count). The Labute approximate surface area is 145 Å². The van der Waals surface area contributed by atoms with Crippen molar-refractivity contribution >= 4 is 22.4 Å². The smallest absolute Gasteiger partial charge is 0.276 e. The lowest BCUT2D eigenvalue weighted by Gasteiger charge is -2.11. The molecule has 126 valence electrons. The number of benzene rings is 2. The first-order chi connectivity index (χ1) is 12.2. The van der Waals surface area contributed by atoms with E-state index in [2.05, 4.69) is 16.5 Å². The molecule has 0 atom stereocenters. The number of nitrogens with one attached hydrogen (secondary N) is 1. The molecule has 0 bridgehead atoms. The Morgan fingerprint density at radius 1 is 1.12 bits per heavy atom. The van der Waals surface area contributed by atoms with E-state index in [0.29, 0.717) is 17.3 Å². The zero-order valence-electron chi connectivity index (χ0n) is 14.1. The van der Waals surface area contributed by atoms with Crippen LogP contribution in [0.4, 0.5) is 5.69 Å². The van der Waals surface area contributed by atoms with Gasteiger partial charge in [-0.3, -0.25) is 9.59 Å². The normalized spacial score (nSPS) is 13.0. The minimum atomic E-state index is -0.295. The summed E-state index contributed by atoms with van der Waals surface area (Å²) >= 11 is 0. The number of aromatic nitrogens is 2. The molecule has 1 aromatic heterocycles. The predicted octanol–water partition coefficient (Wildman–Crippen LogP) is 3.16. The topological polar surface area (TPSA) is 64.0 Å². The van der Waals surface area contributed by atoms with Crippen LogP contribution in [0.1, 0.15) is 35.0 Å². The van der Waals surface area contributed by atoms with Gasteiger partial charge in [0.25, 0.3) is 11.5 Å². The van der Waals surface area contributed by atoms with Gasteiger partial charge in [-0.1, -0.05) is 24.3 Å². The predicted molar refractivity (Wildman–Crippen MR) is 98.1 cm³/mol. The molecule has 5 heteroatoms. The lowest BCUT2D eigenvalue weighted by atomic mass is 10.1. The van der Waals surface area contributed by atoms with Crippen molar-refractivity contribution in [1.82, 2.24) is 9.78 Å². The van der Waals surface area contributed by atoms with Crippen LogP contribution >= 0.6 is 0 Å². The number of anilines is 1. The molecular formula is C20H19N3O2. The van der Waals surface area contributed by atoms with Crippen LogP contribution in [0.5, 0.6) is 0 Å². The maximum atomic E-state index is 12.8. The van der Waals surface area contributed by atoms with Gasteiger partial charge in [0.1, 0.15) is 0 Å². The van der Waals surface area contributed by atoms with Crippen molar-refractivity contribution in [2.24, 2.45) is 0 Å². The summed E-state index contributed by atoms with van der Waals surface area (Å²) in [6.45, 7) is 2.26. The number of carbonyl (C=O) groups excluding carboxylic acids is 1. The van der Waals surface area contributed by atoms with E-state index < -0.39 is 0 Å². The minimum absolute atomic E-state index is 0.174. The van der Waals surface area contributed by atoms with Gasteiger partial charge in [-0.05, 0) is 55.5 Å². The third-order valence-corrected chi connectivity index (χ3v) is 4.74. The van der Waals surface area contributed by atoms with Crippen molar-refractivity contribution in [3.8, 4) is 0 Å². The fraction of sp³-hybridized carbons (Fsp3) is 0.250. The summed E-state index contributed by atoms with van der Waals surface area (Å²) in [5, 5.41) is 8.31. The summed E-state index contributed by atoms with van der Waals surface area (Å²) in [5.41, 5.74) is 3.53. The van der Waals surface area contributed by atoms with E-state index in [0.717, 1.165) is 18.5 Å². The molecule has 2 aromatic carbocycles. The van der Waals surface area contributed by atoms with Crippen LogP contribution in [0.3, 0.4) is 0 Å². The first-order valence-corrected chi connectivity index (χ1v) is 8.60. The maximum absolute atomic E-state index is 12.8. The fourth-order valence-corrected chi connectivity index (χ4v) is 3.46. The summed E-state index contributed by atoms with van der Waals surface area (Å²) in [5.74, 6) is -0.295. The Kier molecular flexibility index (Phi) is 3.84. The Bertz CT molecular complexity index is 1040. The number of amides is 1. The van der Waals surface area contributed by atoms with E-state index in [1.54, 1.807) is 18.2 Å². The van der Waals surface area contributed by atoms with Crippen molar-refractivity contribution < 1.29 is 4.79 Å². The Morgan fingerprint density at radius 3 is 2.68 bits per heavy atom. The maximum Gasteiger partial charge on any atom is 0.276 e. The molecule has 0 unspecified atom stereocenters. The van der Waals surface area contributed by atoms with Gasteiger partial charge in [-0.2, -0.15) is 5.10 Å². The molecule has 3 aromatic rings. The molecule has 0 spiro atoms. The molecule has 0 saturated carbocycles. The van der Waals surface area contributed by atoms with Crippen molar-refractivity contribution in [2.45, 2.75) is 32.7 Å². The molecule has 1 amide bonds. The molecule has 0 fully saturated rings. The lowest BCUT2D eigenvalue weighted by Crippen LogP contribution is -2.27. The van der Waals surface area contributed by atoms with Gasteiger partial charge in [-0.25, -0.2) is 4.68 Å². The monoisotopic (exact) mass is 333 g/mol. The van der Waals surface area contributed by atoms with Crippen LogP contribution in [-0.4, -0.2) is 15.7 Å². The number of nitrogens with zero attached hydrogens (tertiary/aromatic N) is 2. The molecule has 25 heavy (non-hydrogen) atoms. The van der Waals surface area contributed by atoms with Crippen molar-refractivity contribution in [1.29, 1.82) is 0 Å². The summed E-state index contributed by atoms with van der Waals surface area (Å²) in [6, 6.07) is 13.2. The van der Waals surface area contributed by atoms with Gasteiger partial charge in [0.2, 0.25) is 0 Å². The third kappa shape index (κ3) is 2.71. The molecular weight excluding hydrogens is 314 g/mol. The third-order valence-electron chi connectivity index (χ3n) is 4.74. The van der Waals surface area contributed by atoms with Crippen LogP contribution in [0.2, 0.25) is 0 Å². The van der Waals surface area contributed by atoms with Crippen LogP contribution in [0.25, 0.3) is 10.8 Å². The SMILES string of the molecule is CCn1nc(C(=O)Nc2ccc3c(c2)CCC3)c2ccccc2c1=O. The van der Waals surface area contributed by atoms with Crippen LogP contribution < -0.4 is 10.9 Å². The van der Waals surface area contributed by atoms with Crippen molar-refractivity contribution in [3.05, 3.63) is 69.6 Å². The summed E-state index contributed by atoms with van der Waals surface area (Å²) in [7, 11) is 0. The Balaban J connectivity index is 1.75. The second kappa shape index (κ2) is 6.16. The zero-order valence-corrected chi connectivity index (χ0v) is 14.1. The number of fused-ring (bicyclic) bond motifs is 2. The van der Waals surface area contributed by atoms with Crippen LogP contribution in [-0.2, 0) is 19.4 Å². The lowest BCUT2D eigenvalue weighted by molar-refractivity contribution is 0.102. The first kappa shape index (κ1) is 15.6. The number of rotatable bonds is 3. The highest BCUT2D eigenvalue weighted by molar-refractivity contribution is 6.11. The molecule has 1 aliphatic carbocycles. The van der Waals surface area contributed by atoms with E-state index in [9.17, 15) is 9.59 Å². The second-order valence-corrected chi connectivity index (χ2v) is 6.31. The fourth-order valence-electron chi connectivity index (χ4n) is 3.46. The van der Waals surface area contributed by atoms with E-state index in [-0.39, 0.29) is 17.2 Å². The average molecular weight is 333 g/mol. The van der Waals surface area contributed by atoms with Gasteiger partial charge in [0.15, 0.2) is 5.69 Å². The molecule has 1 heterocycles. The van der Waals surface area contributed by atoms with Gasteiger partial charge < -0.3 is 5.32 Å². The molecule has 5 nitrogen and oxygen atoms in total. The van der Waals surface area contributed by atoms with Crippen molar-refractivity contribution in [3.63, 3.8) is 0 Å². The van der Waals surface area contributed by atoms with Gasteiger partial charge in [-0.15, -0.1) is 0 Å². The standard InChI is InChI=1S/C20H19N3O2/c1-2-23-20(25)17-9-4-3-8-16(17)18(22-23)19(24)21-15-11-10-13-6-5-7-14(13)12-15/h3-4,8-12H,2,5-7H2,1H3,(H,21,24). The van der Waals surface area contributed by atoms with Gasteiger partial charge in [0, 0.05) is 17.6 Å². The van der Waals surface area contributed by atoms with Gasteiger partial charge >= 0.3 is 0 Å². The summed E-state index contributed by atoms with van der Waals surface area (Å²) in [4.78, 5) is 25.2. The van der Waals surface area contributed by atoms with E-state index >= 15 is 0 Å². The highest BCUT2D eigenvalue weighted by Gasteiger charge is 2.17. The van der Waals surface area contributed by atoms with Crippen LogP contribution in [0, 0.1) is 0 Å². The van der Waals surface area contributed by atoms with Crippen LogP contribution in [0.15, 0.2) is 47.3 Å². The largest absolute Gasteiger partial charge is 0.321 e. The number of carbonyl (C=O) groups is 1. The van der Waals surface area contributed by atoms with E-state index in [4.69, 9.17) is 0 Å². The minimum Gasteiger partial charge on any atom is -0.321 e. The molecule has 1 aliphatic rings. The van der Waals surface area contributed by atoms with E-state index in [1.165, 1.54) is 22.2 Å². The highest BCUT2D eigenvalue weighted by atomic mass is 16.2. The molecule has 0 saturated heterocycles. The molecule has 0 aliphatic heterocycles. The molecule has 0 radical (unpaired) electrons. The summed E-state index contributed by atoms with van der Waals surface area (Å²) in [6.07, 6.45) is 3.33. The van der Waals surface area contributed by atoms with Crippen molar-refractivity contribution in [2.75, 3.05) is 5.32 Å². The number of hydrogen-bond donors (Lipinski definition) is 1.